The Kier molecular flexibility index (Phi) is 3.37. The highest BCUT2D eigenvalue weighted by Gasteiger charge is 2.33. The first-order chi connectivity index (χ1) is 10.7. The van der Waals surface area contributed by atoms with Crippen molar-refractivity contribution < 1.29 is 4.79 Å². The molecule has 0 bridgehead atoms. The van der Waals surface area contributed by atoms with Gasteiger partial charge in [0.1, 0.15) is 6.04 Å². The fraction of sp³-hybridized carbons (Fsp3) is 0.529. The van der Waals surface area contributed by atoms with Crippen LogP contribution in [0.4, 0.5) is 0 Å². The number of nitrogens with zero attached hydrogens (tertiary/aromatic N) is 4. The molecule has 2 fully saturated rings. The zero-order chi connectivity index (χ0) is 15.1. The first-order valence-corrected chi connectivity index (χ1v) is 8.18. The molecule has 0 radical (unpaired) electrons. The Morgan fingerprint density at radius 2 is 1.91 bits per heavy atom. The molecule has 2 heterocycles. The number of aromatic nitrogens is 2. The first-order valence-electron chi connectivity index (χ1n) is 8.18. The number of hydrogen-bond acceptors (Lipinski definition) is 3. The van der Waals surface area contributed by atoms with Crippen LogP contribution in [0.5, 0.6) is 0 Å². The maximum absolute atomic E-state index is 12.8. The number of fused-ring (bicyclic) bond motifs is 1. The van der Waals surface area contributed by atoms with Gasteiger partial charge >= 0.3 is 0 Å². The molecule has 2 aliphatic rings. The van der Waals surface area contributed by atoms with Gasteiger partial charge in [-0.2, -0.15) is 0 Å². The van der Waals surface area contributed by atoms with E-state index in [1.165, 1.54) is 12.8 Å². The predicted molar refractivity (Wildman–Crippen MR) is 85.6 cm³/mol. The van der Waals surface area contributed by atoms with Crippen molar-refractivity contribution in [2.45, 2.75) is 31.8 Å². The summed E-state index contributed by atoms with van der Waals surface area (Å²) in [5.74, 6) is 0.207. The van der Waals surface area contributed by atoms with Gasteiger partial charge in [0.2, 0.25) is 5.91 Å². The van der Waals surface area contributed by atoms with Gasteiger partial charge in [-0.15, -0.1) is 0 Å². The van der Waals surface area contributed by atoms with Gasteiger partial charge in [0.25, 0.3) is 0 Å². The van der Waals surface area contributed by atoms with E-state index >= 15 is 0 Å². The van der Waals surface area contributed by atoms with Crippen molar-refractivity contribution in [3.8, 4) is 0 Å². The summed E-state index contributed by atoms with van der Waals surface area (Å²) in [7, 11) is 0. The van der Waals surface area contributed by atoms with E-state index in [4.69, 9.17) is 0 Å². The minimum absolute atomic E-state index is 0.195. The van der Waals surface area contributed by atoms with Crippen LogP contribution in [-0.2, 0) is 4.79 Å². The van der Waals surface area contributed by atoms with Crippen LogP contribution in [0.25, 0.3) is 11.0 Å². The number of piperazine rings is 1. The number of benzene rings is 1. The largest absolute Gasteiger partial charge is 0.338 e. The molecule has 1 aromatic heterocycles. The molecule has 1 saturated heterocycles. The molecule has 1 unspecified atom stereocenters. The Balaban J connectivity index is 1.48. The van der Waals surface area contributed by atoms with Crippen molar-refractivity contribution >= 4 is 16.9 Å². The van der Waals surface area contributed by atoms with Gasteiger partial charge in [-0.3, -0.25) is 9.69 Å². The Hall–Kier alpha value is -1.88. The summed E-state index contributed by atoms with van der Waals surface area (Å²) in [5.41, 5.74) is 1.97. The van der Waals surface area contributed by atoms with Crippen molar-refractivity contribution in [1.29, 1.82) is 0 Å². The monoisotopic (exact) mass is 298 g/mol. The number of rotatable bonds is 3. The molecule has 0 N–H and O–H groups in total. The molecule has 1 aliphatic carbocycles. The summed E-state index contributed by atoms with van der Waals surface area (Å²) < 4.78 is 1.99. The Morgan fingerprint density at radius 3 is 2.64 bits per heavy atom. The molecule has 5 heteroatoms. The van der Waals surface area contributed by atoms with E-state index in [9.17, 15) is 4.79 Å². The molecule has 1 saturated carbocycles. The van der Waals surface area contributed by atoms with E-state index in [-0.39, 0.29) is 11.9 Å². The Labute approximate surface area is 130 Å². The predicted octanol–water partition coefficient (Wildman–Crippen LogP) is 1.90. The van der Waals surface area contributed by atoms with Gasteiger partial charge in [0.15, 0.2) is 0 Å². The van der Waals surface area contributed by atoms with Crippen molar-refractivity contribution in [3.63, 3.8) is 0 Å². The highest BCUT2D eigenvalue weighted by Crippen LogP contribution is 2.28. The van der Waals surface area contributed by atoms with Crippen LogP contribution in [0, 0.1) is 0 Å². The van der Waals surface area contributed by atoms with Gasteiger partial charge in [-0.1, -0.05) is 12.1 Å². The summed E-state index contributed by atoms with van der Waals surface area (Å²) in [6, 6.07) is 8.58. The lowest BCUT2D eigenvalue weighted by Gasteiger charge is -2.36. The number of imidazole rings is 1. The van der Waals surface area contributed by atoms with Crippen LogP contribution in [0.2, 0.25) is 0 Å². The second-order valence-electron chi connectivity index (χ2n) is 6.41. The van der Waals surface area contributed by atoms with Gasteiger partial charge < -0.3 is 9.47 Å². The van der Waals surface area contributed by atoms with Crippen LogP contribution in [0.15, 0.2) is 30.6 Å². The fourth-order valence-electron chi connectivity index (χ4n) is 3.42. The van der Waals surface area contributed by atoms with E-state index < -0.39 is 0 Å². The smallest absolute Gasteiger partial charge is 0.245 e. The lowest BCUT2D eigenvalue weighted by atomic mass is 10.2. The zero-order valence-electron chi connectivity index (χ0n) is 13.0. The molecule has 1 aliphatic heterocycles. The maximum Gasteiger partial charge on any atom is 0.245 e. The zero-order valence-corrected chi connectivity index (χ0v) is 13.0. The number of hydrogen-bond donors (Lipinski definition) is 0. The highest BCUT2D eigenvalue weighted by molar-refractivity contribution is 5.83. The lowest BCUT2D eigenvalue weighted by Crippen LogP contribution is -2.50. The van der Waals surface area contributed by atoms with E-state index in [1.807, 2.05) is 40.7 Å². The van der Waals surface area contributed by atoms with Gasteiger partial charge in [-0.05, 0) is 31.9 Å². The Morgan fingerprint density at radius 1 is 1.18 bits per heavy atom. The minimum Gasteiger partial charge on any atom is -0.338 e. The third-order valence-corrected chi connectivity index (χ3v) is 4.94. The molecule has 116 valence electrons. The molecule has 22 heavy (non-hydrogen) atoms. The maximum atomic E-state index is 12.8. The molecule has 0 spiro atoms. The third kappa shape index (κ3) is 2.39. The number of carbonyl (C=O) groups is 1. The second kappa shape index (κ2) is 5.39. The molecule has 1 aromatic carbocycles. The van der Waals surface area contributed by atoms with Gasteiger partial charge in [0, 0.05) is 32.2 Å². The fourth-order valence-corrected chi connectivity index (χ4v) is 3.42. The number of para-hydroxylation sites is 2. The standard InChI is InChI=1S/C17H22N4O/c1-13(21-12-18-15-4-2-3-5-16(15)21)17(22)20-10-8-19(9-11-20)14-6-7-14/h2-5,12-14H,6-11H2,1H3. The van der Waals surface area contributed by atoms with Crippen LogP contribution in [-0.4, -0.2) is 57.5 Å². The van der Waals surface area contributed by atoms with Crippen LogP contribution < -0.4 is 0 Å². The summed E-state index contributed by atoms with van der Waals surface area (Å²) in [6.07, 6.45) is 4.46. The van der Waals surface area contributed by atoms with Crippen LogP contribution >= 0.6 is 0 Å². The normalized spacial score (nSPS) is 21.2. The van der Waals surface area contributed by atoms with Crippen molar-refractivity contribution in [1.82, 2.24) is 19.4 Å². The SMILES string of the molecule is CC(C(=O)N1CCN(C2CC2)CC1)n1cnc2ccccc21. The highest BCUT2D eigenvalue weighted by atomic mass is 16.2. The average molecular weight is 298 g/mol. The molecule has 1 amide bonds. The van der Waals surface area contributed by atoms with E-state index in [0.717, 1.165) is 43.3 Å². The average Bonchev–Trinajstić information content (AvgIpc) is 3.33. The summed E-state index contributed by atoms with van der Waals surface area (Å²) in [4.78, 5) is 21.7. The molecular weight excluding hydrogens is 276 g/mol. The third-order valence-electron chi connectivity index (χ3n) is 4.94. The van der Waals surface area contributed by atoms with E-state index in [2.05, 4.69) is 9.88 Å². The van der Waals surface area contributed by atoms with E-state index in [1.54, 1.807) is 6.33 Å². The summed E-state index contributed by atoms with van der Waals surface area (Å²) >= 11 is 0. The number of carbonyl (C=O) groups excluding carboxylic acids is 1. The summed E-state index contributed by atoms with van der Waals surface area (Å²) in [5, 5.41) is 0. The molecule has 2 aromatic rings. The molecule has 1 atom stereocenters. The minimum atomic E-state index is -0.195. The molecule has 5 nitrogen and oxygen atoms in total. The molecule has 4 rings (SSSR count). The van der Waals surface area contributed by atoms with Crippen LogP contribution in [0.3, 0.4) is 0 Å². The van der Waals surface area contributed by atoms with Crippen LogP contribution in [0.1, 0.15) is 25.8 Å². The second-order valence-corrected chi connectivity index (χ2v) is 6.41. The van der Waals surface area contributed by atoms with Gasteiger partial charge in [0.05, 0.1) is 17.4 Å². The van der Waals surface area contributed by atoms with Gasteiger partial charge in [-0.25, -0.2) is 4.98 Å². The van der Waals surface area contributed by atoms with Crippen molar-refractivity contribution in [3.05, 3.63) is 30.6 Å². The van der Waals surface area contributed by atoms with Crippen molar-refractivity contribution in [2.75, 3.05) is 26.2 Å². The van der Waals surface area contributed by atoms with E-state index in [0.29, 0.717) is 0 Å². The number of amides is 1. The topological polar surface area (TPSA) is 41.4 Å². The quantitative estimate of drug-likeness (QED) is 0.869. The Bertz CT molecular complexity index is 683. The first kappa shape index (κ1) is 13.8. The molecular formula is C17H22N4O. The summed E-state index contributed by atoms with van der Waals surface area (Å²) in [6.45, 7) is 5.73. The van der Waals surface area contributed by atoms with Crippen molar-refractivity contribution in [2.24, 2.45) is 0 Å². The lowest BCUT2D eigenvalue weighted by molar-refractivity contribution is -0.136.